The van der Waals surface area contributed by atoms with Crippen LogP contribution in [0.4, 0.5) is 52.7 Å². The molecule has 43 heavy (non-hydrogen) atoms. The Bertz CT molecular complexity index is 1480. The fourth-order valence-corrected chi connectivity index (χ4v) is 4.77. The summed E-state index contributed by atoms with van der Waals surface area (Å²) in [6, 6.07) is -1.50. The fourth-order valence-electron chi connectivity index (χ4n) is 4.77. The zero-order valence-electron chi connectivity index (χ0n) is 21.4. The smallest absolute Gasteiger partial charge is 0.330 e. The number of nitrogens with zero attached hydrogens (tertiary/aromatic N) is 4. The normalized spacial score (nSPS) is 16.8. The number of aromatic nitrogens is 3. The lowest BCUT2D eigenvalue weighted by Gasteiger charge is -2.37. The number of fused-ring (bicyclic) bond motifs is 1. The molecule has 0 aliphatic carbocycles. The number of amides is 1. The van der Waals surface area contributed by atoms with E-state index in [0.717, 1.165) is 4.90 Å². The minimum atomic E-state index is -5.22. The number of rotatable bonds is 6. The molecular weight excluding hydrogens is 614 g/mol. The average Bonchev–Trinajstić information content (AvgIpc) is 3.31. The second kappa shape index (κ2) is 11.3. The summed E-state index contributed by atoms with van der Waals surface area (Å²) in [5.74, 6) is -7.03. The quantitative estimate of drug-likeness (QED) is 0.274. The number of benzene rings is 2. The highest BCUT2D eigenvalue weighted by Gasteiger charge is 2.44. The molecule has 0 saturated heterocycles. The van der Waals surface area contributed by atoms with Crippen LogP contribution in [-0.4, -0.2) is 38.2 Å². The van der Waals surface area contributed by atoms with E-state index < -0.39 is 120 Å². The van der Waals surface area contributed by atoms with E-state index >= 15 is 0 Å². The molecule has 1 amide bonds. The number of carbonyl (C=O) groups excluding carboxylic acids is 1. The van der Waals surface area contributed by atoms with E-state index in [-0.39, 0.29) is 12.1 Å². The third-order valence-corrected chi connectivity index (χ3v) is 6.68. The van der Waals surface area contributed by atoms with Gasteiger partial charge in [-0.05, 0) is 41.8 Å². The third-order valence-electron chi connectivity index (χ3n) is 6.68. The van der Waals surface area contributed by atoms with Crippen molar-refractivity contribution in [3.05, 3.63) is 81.7 Å². The zero-order chi connectivity index (χ0) is 32.1. The van der Waals surface area contributed by atoms with Crippen molar-refractivity contribution < 1.29 is 57.5 Å². The van der Waals surface area contributed by atoms with Crippen LogP contribution in [-0.2, 0) is 42.7 Å². The molecule has 2 N–H and O–H groups in total. The Morgan fingerprint density at radius 3 is 1.95 bits per heavy atom. The van der Waals surface area contributed by atoms with E-state index in [0.29, 0.717) is 22.8 Å². The fraction of sp³-hybridized carbons (Fsp3) is 0.400. The third kappa shape index (κ3) is 7.05. The number of carbonyl (C=O) groups is 1. The minimum absolute atomic E-state index is 0.131. The highest BCUT2D eigenvalue weighted by atomic mass is 19.4. The predicted molar refractivity (Wildman–Crippen MR) is 122 cm³/mol. The van der Waals surface area contributed by atoms with E-state index in [9.17, 15) is 57.5 Å². The molecule has 1 aliphatic heterocycles. The SMILES string of the molecule is N[C@@H](CC(=O)N1CCn2c(nnc2C(F)(F)F)[C@@H]1Cc1cc(C(F)(F)F)cc(C(F)(F)F)c1)Cc1cc(F)c(F)cc1F. The van der Waals surface area contributed by atoms with E-state index in [4.69, 9.17) is 5.73 Å². The lowest BCUT2D eigenvalue weighted by Crippen LogP contribution is -2.45. The van der Waals surface area contributed by atoms with Crippen LogP contribution in [0.25, 0.3) is 0 Å². The van der Waals surface area contributed by atoms with Crippen LogP contribution in [0.5, 0.6) is 0 Å². The Hall–Kier alpha value is -3.83. The Balaban J connectivity index is 1.69. The number of halogens is 12. The molecule has 0 spiro atoms. The standard InChI is InChI=1S/C25H19F12N5O/c26-16-10-18(28)17(27)7-12(16)6-15(38)9-20(43)41-1-2-42-21(39-40-22(42)25(35,36)37)19(41)5-11-3-13(23(29,30)31)8-14(4-11)24(32,33)34/h3-4,7-8,10,15,19H,1-2,5-6,9,38H2/t15-,19+/m1/s1. The zero-order valence-corrected chi connectivity index (χ0v) is 21.4. The minimum Gasteiger partial charge on any atom is -0.330 e. The van der Waals surface area contributed by atoms with Crippen LogP contribution < -0.4 is 5.73 Å². The largest absolute Gasteiger partial charge is 0.451 e. The van der Waals surface area contributed by atoms with Gasteiger partial charge >= 0.3 is 18.5 Å². The highest BCUT2D eigenvalue weighted by molar-refractivity contribution is 5.77. The van der Waals surface area contributed by atoms with Crippen molar-refractivity contribution in [3.63, 3.8) is 0 Å². The van der Waals surface area contributed by atoms with E-state index in [1.54, 1.807) is 0 Å². The van der Waals surface area contributed by atoms with Crippen LogP contribution >= 0.6 is 0 Å². The summed E-state index contributed by atoms with van der Waals surface area (Å²) in [5.41, 5.74) is 1.52. The summed E-state index contributed by atoms with van der Waals surface area (Å²) >= 11 is 0. The van der Waals surface area contributed by atoms with Crippen molar-refractivity contribution >= 4 is 5.91 Å². The Labute approximate surface area is 234 Å². The molecule has 0 radical (unpaired) electrons. The van der Waals surface area contributed by atoms with Gasteiger partial charge in [-0.1, -0.05) is 0 Å². The first-order valence-corrected chi connectivity index (χ1v) is 12.2. The first-order chi connectivity index (χ1) is 19.8. The van der Waals surface area contributed by atoms with Crippen molar-refractivity contribution in [2.75, 3.05) is 6.54 Å². The Kier molecular flexibility index (Phi) is 8.47. The van der Waals surface area contributed by atoms with Gasteiger partial charge in [0, 0.05) is 38.0 Å². The summed E-state index contributed by atoms with van der Waals surface area (Å²) < 4.78 is 162. The number of hydrogen-bond donors (Lipinski definition) is 1. The van der Waals surface area contributed by atoms with Gasteiger partial charge in [0.05, 0.1) is 17.2 Å². The molecule has 2 atom stereocenters. The summed E-state index contributed by atoms with van der Waals surface area (Å²) in [4.78, 5) is 14.1. The first kappa shape index (κ1) is 32.1. The molecule has 0 bridgehead atoms. The Morgan fingerprint density at radius 1 is 0.814 bits per heavy atom. The first-order valence-electron chi connectivity index (χ1n) is 12.2. The maximum atomic E-state index is 14.1. The number of alkyl halides is 9. The molecule has 1 aliphatic rings. The second-order valence-electron chi connectivity index (χ2n) is 9.78. The molecule has 18 heteroatoms. The van der Waals surface area contributed by atoms with Gasteiger partial charge in [-0.15, -0.1) is 10.2 Å². The lowest BCUT2D eigenvalue weighted by atomic mass is 9.96. The van der Waals surface area contributed by atoms with Crippen molar-refractivity contribution in [2.24, 2.45) is 5.73 Å². The predicted octanol–water partition coefficient (Wildman–Crippen LogP) is 5.84. The number of hydrogen-bond acceptors (Lipinski definition) is 4. The Morgan fingerprint density at radius 2 is 1.40 bits per heavy atom. The molecule has 6 nitrogen and oxygen atoms in total. The van der Waals surface area contributed by atoms with E-state index in [1.165, 1.54) is 0 Å². The van der Waals surface area contributed by atoms with Gasteiger partial charge in [0.2, 0.25) is 11.7 Å². The van der Waals surface area contributed by atoms with Crippen molar-refractivity contribution in [3.8, 4) is 0 Å². The molecule has 2 aromatic carbocycles. The topological polar surface area (TPSA) is 77.0 Å². The lowest BCUT2D eigenvalue weighted by molar-refractivity contribution is -0.149. The van der Waals surface area contributed by atoms with Crippen molar-refractivity contribution in [1.82, 2.24) is 19.7 Å². The molecule has 2 heterocycles. The maximum Gasteiger partial charge on any atom is 0.451 e. The van der Waals surface area contributed by atoms with Gasteiger partial charge in [-0.25, -0.2) is 13.2 Å². The average molecular weight is 633 g/mol. The summed E-state index contributed by atoms with van der Waals surface area (Å²) in [7, 11) is 0. The molecule has 3 aromatic rings. The molecule has 4 rings (SSSR count). The highest BCUT2D eigenvalue weighted by Crippen LogP contribution is 2.39. The molecule has 0 fully saturated rings. The van der Waals surface area contributed by atoms with Gasteiger partial charge in [0.25, 0.3) is 0 Å². The van der Waals surface area contributed by atoms with E-state index in [2.05, 4.69) is 10.2 Å². The van der Waals surface area contributed by atoms with Crippen molar-refractivity contribution in [1.29, 1.82) is 0 Å². The molecule has 0 saturated carbocycles. The summed E-state index contributed by atoms with van der Waals surface area (Å²) in [6.07, 6.45) is -17.5. The van der Waals surface area contributed by atoms with Gasteiger partial charge in [0.1, 0.15) is 5.82 Å². The van der Waals surface area contributed by atoms with Crippen LogP contribution in [0, 0.1) is 17.5 Å². The van der Waals surface area contributed by atoms with Gasteiger partial charge in [-0.2, -0.15) is 39.5 Å². The molecule has 0 unspecified atom stereocenters. The van der Waals surface area contributed by atoms with Gasteiger partial charge < -0.3 is 15.2 Å². The summed E-state index contributed by atoms with van der Waals surface area (Å²) in [6.45, 7) is -1.04. The van der Waals surface area contributed by atoms with Gasteiger partial charge in [0.15, 0.2) is 17.5 Å². The maximum absolute atomic E-state index is 14.1. The van der Waals surface area contributed by atoms with Crippen LogP contribution in [0.15, 0.2) is 30.3 Å². The van der Waals surface area contributed by atoms with Crippen LogP contribution in [0.3, 0.4) is 0 Å². The molecule has 234 valence electrons. The summed E-state index contributed by atoms with van der Waals surface area (Å²) in [5, 5.41) is 6.52. The molecular formula is C25H19F12N5O. The second-order valence-corrected chi connectivity index (χ2v) is 9.78. The van der Waals surface area contributed by atoms with E-state index in [1.807, 2.05) is 0 Å². The number of nitrogens with two attached hydrogens (primary N) is 1. The van der Waals surface area contributed by atoms with Crippen LogP contribution in [0.2, 0.25) is 0 Å². The van der Waals surface area contributed by atoms with Gasteiger partial charge in [-0.3, -0.25) is 4.79 Å². The monoisotopic (exact) mass is 633 g/mol. The van der Waals surface area contributed by atoms with Crippen molar-refractivity contribution in [2.45, 2.75) is 56.4 Å². The van der Waals surface area contributed by atoms with Crippen LogP contribution in [0.1, 0.15) is 46.4 Å². The molecule has 1 aromatic heterocycles.